The lowest BCUT2D eigenvalue weighted by atomic mass is 10.1. The number of amides is 1. The number of benzene rings is 1. The van der Waals surface area contributed by atoms with Gasteiger partial charge < -0.3 is 10.4 Å². The highest BCUT2D eigenvalue weighted by atomic mass is 19.1. The molecule has 0 saturated carbocycles. The summed E-state index contributed by atoms with van der Waals surface area (Å²) in [6.07, 6.45) is 1.51. The van der Waals surface area contributed by atoms with E-state index in [1.165, 1.54) is 36.5 Å². The number of hydrogen-bond acceptors (Lipinski definition) is 3. The Hall–Kier alpha value is -2.76. The van der Waals surface area contributed by atoms with Gasteiger partial charge in [0.25, 0.3) is 5.91 Å². The van der Waals surface area contributed by atoms with E-state index in [0.717, 1.165) is 0 Å². The molecule has 2 N–H and O–H groups in total. The molecule has 0 spiro atoms. The lowest BCUT2D eigenvalue weighted by Gasteiger charge is -2.14. The first-order chi connectivity index (χ1) is 10.1. The van der Waals surface area contributed by atoms with Gasteiger partial charge in [-0.1, -0.05) is 18.2 Å². The van der Waals surface area contributed by atoms with Crippen molar-refractivity contribution in [3.05, 3.63) is 65.7 Å². The van der Waals surface area contributed by atoms with Crippen molar-refractivity contribution in [3.63, 3.8) is 0 Å². The largest absolute Gasteiger partial charge is 0.480 e. The predicted molar refractivity (Wildman–Crippen MR) is 73.2 cm³/mol. The number of carbonyl (C=O) groups is 2. The molecule has 1 heterocycles. The van der Waals surface area contributed by atoms with Gasteiger partial charge in [0.1, 0.15) is 17.6 Å². The van der Waals surface area contributed by atoms with Crippen LogP contribution in [0.1, 0.15) is 16.1 Å². The van der Waals surface area contributed by atoms with Gasteiger partial charge in [-0.05, 0) is 29.8 Å². The van der Waals surface area contributed by atoms with Crippen LogP contribution in [0.4, 0.5) is 4.39 Å². The van der Waals surface area contributed by atoms with Crippen LogP contribution in [0.15, 0.2) is 48.7 Å². The van der Waals surface area contributed by atoms with Gasteiger partial charge >= 0.3 is 5.97 Å². The minimum atomic E-state index is -1.16. The number of rotatable bonds is 5. The second-order valence-electron chi connectivity index (χ2n) is 4.41. The van der Waals surface area contributed by atoms with Gasteiger partial charge in [0.05, 0.1) is 0 Å². The van der Waals surface area contributed by atoms with Crippen LogP contribution in [-0.2, 0) is 11.2 Å². The van der Waals surface area contributed by atoms with Crippen LogP contribution in [0.5, 0.6) is 0 Å². The fourth-order valence-electron chi connectivity index (χ4n) is 1.79. The average molecular weight is 288 g/mol. The smallest absolute Gasteiger partial charge is 0.326 e. The Kier molecular flexibility index (Phi) is 4.61. The van der Waals surface area contributed by atoms with Crippen molar-refractivity contribution in [2.24, 2.45) is 0 Å². The highest BCUT2D eigenvalue weighted by Gasteiger charge is 2.21. The van der Waals surface area contributed by atoms with E-state index in [1.807, 2.05) is 0 Å². The molecule has 0 aliphatic heterocycles. The summed E-state index contributed by atoms with van der Waals surface area (Å²) in [5, 5.41) is 11.6. The molecule has 1 unspecified atom stereocenters. The molecular weight excluding hydrogens is 275 g/mol. The van der Waals surface area contributed by atoms with Crippen LogP contribution in [0.3, 0.4) is 0 Å². The first-order valence-corrected chi connectivity index (χ1v) is 6.25. The molecule has 1 atom stereocenters. The minimum absolute atomic E-state index is 0.0637. The Morgan fingerprint density at radius 1 is 1.19 bits per heavy atom. The van der Waals surface area contributed by atoms with Crippen molar-refractivity contribution < 1.29 is 19.1 Å². The summed E-state index contributed by atoms with van der Waals surface area (Å²) in [6, 6.07) is 9.14. The van der Waals surface area contributed by atoms with E-state index in [2.05, 4.69) is 10.3 Å². The average Bonchev–Trinajstić information content (AvgIpc) is 2.49. The standard InChI is InChI=1S/C15H13FN2O3/c16-11-6-4-10(5-7-11)9-13(15(20)21)18-14(19)12-3-1-2-8-17-12/h1-8,13H,9H2,(H,18,19)(H,20,21). The van der Waals surface area contributed by atoms with E-state index in [4.69, 9.17) is 0 Å². The van der Waals surface area contributed by atoms with Gasteiger partial charge in [-0.2, -0.15) is 0 Å². The molecule has 2 aromatic rings. The van der Waals surface area contributed by atoms with E-state index in [1.54, 1.807) is 12.1 Å². The fraction of sp³-hybridized carbons (Fsp3) is 0.133. The number of aliphatic carboxylic acids is 1. The number of aromatic nitrogens is 1. The zero-order valence-corrected chi connectivity index (χ0v) is 11.0. The molecule has 0 bridgehead atoms. The Morgan fingerprint density at radius 2 is 1.90 bits per heavy atom. The first-order valence-electron chi connectivity index (χ1n) is 6.25. The molecule has 0 radical (unpaired) electrons. The van der Waals surface area contributed by atoms with E-state index < -0.39 is 23.7 Å². The number of pyridine rings is 1. The second kappa shape index (κ2) is 6.60. The Balaban J connectivity index is 2.07. The highest BCUT2D eigenvalue weighted by Crippen LogP contribution is 2.07. The van der Waals surface area contributed by atoms with Crippen molar-refractivity contribution in [2.45, 2.75) is 12.5 Å². The normalized spacial score (nSPS) is 11.7. The van der Waals surface area contributed by atoms with Gasteiger partial charge in [-0.15, -0.1) is 0 Å². The summed E-state index contributed by atoms with van der Waals surface area (Å²) < 4.78 is 12.8. The van der Waals surface area contributed by atoms with Crippen molar-refractivity contribution in [2.75, 3.05) is 0 Å². The molecule has 21 heavy (non-hydrogen) atoms. The summed E-state index contributed by atoms with van der Waals surface area (Å²) in [5.74, 6) is -2.13. The maximum Gasteiger partial charge on any atom is 0.326 e. The Bertz CT molecular complexity index is 629. The SMILES string of the molecule is O=C(NC(Cc1ccc(F)cc1)C(=O)O)c1ccccn1. The lowest BCUT2D eigenvalue weighted by Crippen LogP contribution is -2.42. The van der Waals surface area contributed by atoms with E-state index in [0.29, 0.717) is 5.56 Å². The van der Waals surface area contributed by atoms with Gasteiger partial charge in [0.15, 0.2) is 0 Å². The zero-order valence-electron chi connectivity index (χ0n) is 11.0. The van der Waals surface area contributed by atoms with Gasteiger partial charge in [-0.3, -0.25) is 9.78 Å². The van der Waals surface area contributed by atoms with Crippen LogP contribution < -0.4 is 5.32 Å². The number of carbonyl (C=O) groups excluding carboxylic acids is 1. The summed E-state index contributed by atoms with van der Waals surface area (Å²) in [7, 11) is 0. The molecular formula is C15H13FN2O3. The molecule has 1 amide bonds. The molecule has 1 aromatic heterocycles. The van der Waals surface area contributed by atoms with Crippen molar-refractivity contribution in [1.82, 2.24) is 10.3 Å². The van der Waals surface area contributed by atoms with Gasteiger partial charge in [0.2, 0.25) is 0 Å². The molecule has 0 aliphatic rings. The number of carboxylic acid groups (broad SMARTS) is 1. The maximum absolute atomic E-state index is 12.8. The molecule has 108 valence electrons. The third kappa shape index (κ3) is 4.10. The molecule has 0 fully saturated rings. The second-order valence-corrected chi connectivity index (χ2v) is 4.41. The van der Waals surface area contributed by atoms with Crippen molar-refractivity contribution in [1.29, 1.82) is 0 Å². The summed E-state index contributed by atoms with van der Waals surface area (Å²) >= 11 is 0. The number of carboxylic acids is 1. The van der Waals surface area contributed by atoms with Crippen LogP contribution in [0, 0.1) is 5.82 Å². The van der Waals surface area contributed by atoms with Crippen molar-refractivity contribution >= 4 is 11.9 Å². The topological polar surface area (TPSA) is 79.3 Å². The molecule has 0 aliphatic carbocycles. The lowest BCUT2D eigenvalue weighted by molar-refractivity contribution is -0.139. The molecule has 0 saturated heterocycles. The summed E-state index contributed by atoms with van der Waals surface area (Å²) in [6.45, 7) is 0. The summed E-state index contributed by atoms with van der Waals surface area (Å²) in [5.41, 5.74) is 0.757. The van der Waals surface area contributed by atoms with E-state index in [9.17, 15) is 19.1 Å². The van der Waals surface area contributed by atoms with Gasteiger partial charge in [0, 0.05) is 12.6 Å². The number of nitrogens with one attached hydrogen (secondary N) is 1. The van der Waals surface area contributed by atoms with E-state index in [-0.39, 0.29) is 12.1 Å². The highest BCUT2D eigenvalue weighted by molar-refractivity contribution is 5.94. The van der Waals surface area contributed by atoms with Crippen LogP contribution in [-0.4, -0.2) is 28.0 Å². The quantitative estimate of drug-likeness (QED) is 0.876. The Labute approximate surface area is 120 Å². The van der Waals surface area contributed by atoms with Gasteiger partial charge in [-0.25, -0.2) is 9.18 Å². The summed E-state index contributed by atoms with van der Waals surface area (Å²) in [4.78, 5) is 27.0. The molecule has 6 heteroatoms. The Morgan fingerprint density at radius 3 is 2.48 bits per heavy atom. The van der Waals surface area contributed by atoms with Crippen LogP contribution >= 0.6 is 0 Å². The number of nitrogens with zero attached hydrogens (tertiary/aromatic N) is 1. The minimum Gasteiger partial charge on any atom is -0.480 e. The number of hydrogen-bond donors (Lipinski definition) is 2. The monoisotopic (exact) mass is 288 g/mol. The first kappa shape index (κ1) is 14.6. The third-order valence-corrected chi connectivity index (χ3v) is 2.85. The zero-order chi connectivity index (χ0) is 15.2. The predicted octanol–water partition coefficient (Wildman–Crippen LogP) is 1.65. The molecule has 1 aromatic carbocycles. The van der Waals surface area contributed by atoms with Crippen LogP contribution in [0.25, 0.3) is 0 Å². The maximum atomic E-state index is 12.8. The van der Waals surface area contributed by atoms with Crippen molar-refractivity contribution in [3.8, 4) is 0 Å². The number of halogens is 1. The molecule has 5 nitrogen and oxygen atoms in total. The fourth-order valence-corrected chi connectivity index (χ4v) is 1.79. The van der Waals surface area contributed by atoms with E-state index >= 15 is 0 Å². The third-order valence-electron chi connectivity index (χ3n) is 2.85. The van der Waals surface area contributed by atoms with Crippen LogP contribution in [0.2, 0.25) is 0 Å². The molecule has 2 rings (SSSR count).